The number of benzene rings is 1. The first-order chi connectivity index (χ1) is 12.1. The molecule has 1 aliphatic heterocycles. The summed E-state index contributed by atoms with van der Waals surface area (Å²) in [5.74, 6) is 0.592. The van der Waals surface area contributed by atoms with Gasteiger partial charge in [-0.05, 0) is 40.9 Å². The van der Waals surface area contributed by atoms with Gasteiger partial charge in [-0.25, -0.2) is 4.98 Å². The summed E-state index contributed by atoms with van der Waals surface area (Å²) in [6, 6.07) is 7.58. The van der Waals surface area contributed by atoms with Gasteiger partial charge in [0.1, 0.15) is 6.04 Å². The summed E-state index contributed by atoms with van der Waals surface area (Å²) in [5.41, 5.74) is 0. The van der Waals surface area contributed by atoms with Crippen LogP contribution in [0.15, 0.2) is 45.2 Å². The molecule has 1 unspecified atom stereocenters. The van der Waals surface area contributed by atoms with Crippen LogP contribution in [0.3, 0.4) is 0 Å². The first-order valence-corrected chi connectivity index (χ1v) is 10.7. The number of nitrogens with zero attached hydrogens (tertiary/aromatic N) is 2. The van der Waals surface area contributed by atoms with Crippen molar-refractivity contribution in [2.24, 2.45) is 0 Å². The van der Waals surface area contributed by atoms with E-state index >= 15 is 0 Å². The maximum Gasteiger partial charge on any atom is 0.248 e. The summed E-state index contributed by atoms with van der Waals surface area (Å²) in [4.78, 5) is 31.9. The van der Waals surface area contributed by atoms with E-state index in [1.54, 1.807) is 22.9 Å². The van der Waals surface area contributed by atoms with E-state index < -0.39 is 0 Å². The Morgan fingerprint density at radius 1 is 1.40 bits per heavy atom. The number of hydrogen-bond acceptors (Lipinski definition) is 5. The molecule has 0 saturated carbocycles. The highest BCUT2D eigenvalue weighted by atomic mass is 79.9. The van der Waals surface area contributed by atoms with Gasteiger partial charge in [-0.15, -0.1) is 23.1 Å². The summed E-state index contributed by atoms with van der Waals surface area (Å²) >= 11 is 6.54. The average molecular weight is 440 g/mol. The number of carbonyl (C=O) groups excluding carboxylic acids is 2. The van der Waals surface area contributed by atoms with E-state index in [9.17, 15) is 9.59 Å². The molecular weight excluding hydrogens is 422 g/mol. The summed E-state index contributed by atoms with van der Waals surface area (Å²) < 4.78 is 1.04. The molecule has 1 aromatic heterocycles. The zero-order valence-corrected chi connectivity index (χ0v) is 16.7. The van der Waals surface area contributed by atoms with Crippen molar-refractivity contribution in [1.82, 2.24) is 9.88 Å². The van der Waals surface area contributed by atoms with E-state index in [4.69, 9.17) is 0 Å². The normalized spacial score (nSPS) is 16.8. The number of aromatic nitrogens is 1. The molecule has 1 aliphatic rings. The molecule has 3 rings (SSSR count). The number of carbonyl (C=O) groups is 2. The van der Waals surface area contributed by atoms with Crippen molar-refractivity contribution in [3.05, 3.63) is 40.3 Å². The van der Waals surface area contributed by atoms with Crippen molar-refractivity contribution in [3.63, 3.8) is 0 Å². The Kier molecular flexibility index (Phi) is 6.50. The fraction of sp³-hybridized carbons (Fsp3) is 0.353. The van der Waals surface area contributed by atoms with Crippen LogP contribution in [0.5, 0.6) is 0 Å². The minimum Gasteiger partial charge on any atom is -0.331 e. The van der Waals surface area contributed by atoms with Crippen molar-refractivity contribution in [3.8, 4) is 0 Å². The molecule has 0 spiro atoms. The van der Waals surface area contributed by atoms with Gasteiger partial charge in [0.15, 0.2) is 5.13 Å². The molecule has 2 aromatic rings. The number of thiazole rings is 1. The third-order valence-corrected chi connectivity index (χ3v) is 6.67. The maximum atomic E-state index is 12.5. The third-order valence-electron chi connectivity index (χ3n) is 3.95. The van der Waals surface area contributed by atoms with Crippen LogP contribution in [0, 0.1) is 0 Å². The second kappa shape index (κ2) is 8.82. The van der Waals surface area contributed by atoms with Crippen LogP contribution in [0.25, 0.3) is 0 Å². The Bertz CT molecular complexity index is 739. The Hall–Kier alpha value is -1.38. The number of halogens is 1. The molecule has 1 aromatic carbocycles. The predicted molar refractivity (Wildman–Crippen MR) is 105 cm³/mol. The summed E-state index contributed by atoms with van der Waals surface area (Å²) in [6.07, 6.45) is 3.64. The molecule has 8 heteroatoms. The molecular formula is C17H18BrN3O2S2. The molecule has 132 valence electrons. The standard InChI is InChI=1S/C17H18BrN3O2S2/c18-12-4-1-2-6-14(12)24-10-7-15(22)21-9-3-5-13(21)16(23)20-17-19-8-11-25-17/h1-2,4,6,8,11,13H,3,5,7,9-10H2,(H,19,20,23). The second-order valence-corrected chi connectivity index (χ2v) is 8.49. The molecule has 0 radical (unpaired) electrons. The second-order valence-electron chi connectivity index (χ2n) is 5.60. The molecule has 2 amide bonds. The molecule has 1 N–H and O–H groups in total. The van der Waals surface area contributed by atoms with Crippen molar-refractivity contribution in [2.45, 2.75) is 30.2 Å². The minimum atomic E-state index is -0.384. The number of likely N-dealkylation sites (tertiary alicyclic amines) is 1. The molecule has 25 heavy (non-hydrogen) atoms. The third kappa shape index (κ3) is 4.83. The van der Waals surface area contributed by atoms with E-state index in [1.807, 2.05) is 29.6 Å². The monoisotopic (exact) mass is 439 g/mol. The number of rotatable bonds is 6. The van der Waals surface area contributed by atoms with Crippen molar-refractivity contribution < 1.29 is 9.59 Å². The summed E-state index contributed by atoms with van der Waals surface area (Å²) in [7, 11) is 0. The van der Waals surface area contributed by atoms with E-state index in [1.165, 1.54) is 11.3 Å². The van der Waals surface area contributed by atoms with Crippen LogP contribution in [0.1, 0.15) is 19.3 Å². The smallest absolute Gasteiger partial charge is 0.248 e. The topological polar surface area (TPSA) is 62.3 Å². The van der Waals surface area contributed by atoms with Crippen LogP contribution in [0.2, 0.25) is 0 Å². The van der Waals surface area contributed by atoms with Crippen LogP contribution in [-0.4, -0.2) is 40.0 Å². The number of hydrogen-bond donors (Lipinski definition) is 1. The average Bonchev–Trinajstić information content (AvgIpc) is 3.27. The van der Waals surface area contributed by atoms with Gasteiger partial charge in [-0.1, -0.05) is 12.1 Å². The van der Waals surface area contributed by atoms with Gasteiger partial charge in [0.2, 0.25) is 11.8 Å². The molecule has 0 aliphatic carbocycles. The fourth-order valence-corrected chi connectivity index (χ4v) is 4.80. The summed E-state index contributed by atoms with van der Waals surface area (Å²) in [5, 5.41) is 5.19. The lowest BCUT2D eigenvalue weighted by molar-refractivity contribution is -0.136. The SMILES string of the molecule is O=C(Nc1nccs1)C1CCCN1C(=O)CCSc1ccccc1Br. The quantitative estimate of drug-likeness (QED) is 0.690. The van der Waals surface area contributed by atoms with Gasteiger partial charge in [-0.3, -0.25) is 9.59 Å². The lowest BCUT2D eigenvalue weighted by Crippen LogP contribution is -2.43. The van der Waals surface area contributed by atoms with Crippen LogP contribution < -0.4 is 5.32 Å². The Morgan fingerprint density at radius 2 is 2.24 bits per heavy atom. The zero-order valence-electron chi connectivity index (χ0n) is 13.5. The van der Waals surface area contributed by atoms with Crippen molar-refractivity contribution in [2.75, 3.05) is 17.6 Å². The van der Waals surface area contributed by atoms with Crippen LogP contribution in [0.4, 0.5) is 5.13 Å². The van der Waals surface area contributed by atoms with Gasteiger partial charge in [0, 0.05) is 39.7 Å². The first-order valence-electron chi connectivity index (χ1n) is 8.02. The van der Waals surface area contributed by atoms with Crippen molar-refractivity contribution in [1.29, 1.82) is 0 Å². The fourth-order valence-electron chi connectivity index (χ4n) is 2.77. The first kappa shape index (κ1) is 18.4. The van der Waals surface area contributed by atoms with Gasteiger partial charge in [0.05, 0.1) is 0 Å². The zero-order chi connectivity index (χ0) is 17.6. The Morgan fingerprint density at radius 3 is 3.00 bits per heavy atom. The number of anilines is 1. The van der Waals surface area contributed by atoms with Crippen LogP contribution in [-0.2, 0) is 9.59 Å². The van der Waals surface area contributed by atoms with E-state index in [-0.39, 0.29) is 17.9 Å². The van der Waals surface area contributed by atoms with Crippen molar-refractivity contribution >= 4 is 56.0 Å². The maximum absolute atomic E-state index is 12.5. The molecule has 1 fully saturated rings. The van der Waals surface area contributed by atoms with E-state index in [0.29, 0.717) is 30.3 Å². The molecule has 2 heterocycles. The highest BCUT2D eigenvalue weighted by molar-refractivity contribution is 9.10. The van der Waals surface area contributed by atoms with Gasteiger partial charge >= 0.3 is 0 Å². The lowest BCUT2D eigenvalue weighted by Gasteiger charge is -2.23. The van der Waals surface area contributed by atoms with E-state index in [2.05, 4.69) is 26.2 Å². The molecule has 1 saturated heterocycles. The van der Waals surface area contributed by atoms with Gasteiger partial charge in [-0.2, -0.15) is 0 Å². The predicted octanol–water partition coefficient (Wildman–Crippen LogP) is 4.02. The Balaban J connectivity index is 1.52. The van der Waals surface area contributed by atoms with Gasteiger partial charge in [0.25, 0.3) is 0 Å². The Labute approximate surface area is 163 Å². The summed E-state index contributed by atoms with van der Waals surface area (Å²) in [6.45, 7) is 0.647. The number of nitrogens with one attached hydrogen (secondary N) is 1. The number of amides is 2. The highest BCUT2D eigenvalue weighted by Crippen LogP contribution is 2.28. The molecule has 0 bridgehead atoms. The largest absolute Gasteiger partial charge is 0.331 e. The van der Waals surface area contributed by atoms with E-state index in [0.717, 1.165) is 15.8 Å². The highest BCUT2D eigenvalue weighted by Gasteiger charge is 2.33. The number of thioether (sulfide) groups is 1. The lowest BCUT2D eigenvalue weighted by atomic mass is 10.2. The van der Waals surface area contributed by atoms with Gasteiger partial charge < -0.3 is 10.2 Å². The minimum absolute atomic E-state index is 0.0383. The van der Waals surface area contributed by atoms with Crippen LogP contribution >= 0.6 is 39.0 Å². The molecule has 5 nitrogen and oxygen atoms in total. The molecule has 1 atom stereocenters.